The molecule has 0 rings (SSSR count). The molecule has 0 saturated heterocycles. The van der Waals surface area contributed by atoms with Crippen molar-refractivity contribution in [1.82, 2.24) is 4.90 Å². The Morgan fingerprint density at radius 2 is 0.667 bits per heavy atom. The minimum absolute atomic E-state index is 0.0544. The van der Waals surface area contributed by atoms with E-state index >= 15 is 0 Å². The molecule has 2 atom stereocenters. The SMILES string of the molecule is CCCCCCCCC(CCCCCC)C(=O)OCCCCCCN(CCCCO)CCCCCCOC(=O)[C@@H](CCCCCC)CCCCCCCC. The molecule has 0 fully saturated rings. The second-order valence-electron chi connectivity index (χ2n) is 16.6. The largest absolute Gasteiger partial charge is 0.465 e. The van der Waals surface area contributed by atoms with Gasteiger partial charge in [-0.3, -0.25) is 9.59 Å². The highest BCUT2D eigenvalue weighted by Crippen LogP contribution is 2.22. The molecule has 0 aliphatic carbocycles. The van der Waals surface area contributed by atoms with Crippen LogP contribution in [-0.2, 0) is 19.1 Å². The van der Waals surface area contributed by atoms with Crippen molar-refractivity contribution < 1.29 is 24.2 Å². The van der Waals surface area contributed by atoms with Crippen LogP contribution in [0.5, 0.6) is 0 Å². The van der Waals surface area contributed by atoms with Gasteiger partial charge >= 0.3 is 11.9 Å². The van der Waals surface area contributed by atoms with Crippen LogP contribution in [0.4, 0.5) is 0 Å². The van der Waals surface area contributed by atoms with Gasteiger partial charge in [-0.05, 0) is 83.8 Å². The van der Waals surface area contributed by atoms with Crippen molar-refractivity contribution in [3.05, 3.63) is 0 Å². The minimum Gasteiger partial charge on any atom is -0.465 e. The van der Waals surface area contributed by atoms with Crippen LogP contribution in [0.25, 0.3) is 0 Å². The van der Waals surface area contributed by atoms with Crippen LogP contribution in [0.3, 0.4) is 0 Å². The van der Waals surface area contributed by atoms with Gasteiger partial charge in [0.2, 0.25) is 0 Å². The first-order valence-corrected chi connectivity index (χ1v) is 24.2. The molecule has 0 heterocycles. The molecule has 0 aromatic heterocycles. The fourth-order valence-electron chi connectivity index (χ4n) is 7.68. The molecule has 54 heavy (non-hydrogen) atoms. The van der Waals surface area contributed by atoms with Gasteiger partial charge in [-0.2, -0.15) is 0 Å². The van der Waals surface area contributed by atoms with Crippen LogP contribution in [0.2, 0.25) is 0 Å². The number of aliphatic hydroxyl groups excluding tert-OH is 1. The number of carbonyl (C=O) groups excluding carboxylic acids is 2. The van der Waals surface area contributed by atoms with Crippen molar-refractivity contribution in [3.8, 4) is 0 Å². The van der Waals surface area contributed by atoms with Crippen molar-refractivity contribution in [2.75, 3.05) is 39.5 Å². The van der Waals surface area contributed by atoms with E-state index in [1.165, 1.54) is 116 Å². The Hall–Kier alpha value is -1.14. The smallest absolute Gasteiger partial charge is 0.308 e. The normalized spacial score (nSPS) is 12.7. The highest BCUT2D eigenvalue weighted by atomic mass is 16.5. The fraction of sp³-hybridized carbons (Fsp3) is 0.958. The molecule has 0 aromatic carbocycles. The zero-order valence-corrected chi connectivity index (χ0v) is 37.0. The number of hydrogen-bond donors (Lipinski definition) is 1. The second kappa shape index (κ2) is 43.0. The first-order chi connectivity index (χ1) is 26.5. The maximum Gasteiger partial charge on any atom is 0.308 e. The van der Waals surface area contributed by atoms with Crippen LogP contribution in [-0.4, -0.2) is 61.4 Å². The summed E-state index contributed by atoms with van der Waals surface area (Å²) in [5.74, 6) is 0.290. The van der Waals surface area contributed by atoms with E-state index in [1.807, 2.05) is 0 Å². The Labute approximate surface area is 337 Å². The van der Waals surface area contributed by atoms with Gasteiger partial charge in [-0.25, -0.2) is 0 Å². The van der Waals surface area contributed by atoms with Gasteiger partial charge in [-0.15, -0.1) is 0 Å². The Balaban J connectivity index is 4.36. The molecule has 0 aromatic rings. The van der Waals surface area contributed by atoms with E-state index in [0.29, 0.717) is 13.2 Å². The highest BCUT2D eigenvalue weighted by Gasteiger charge is 2.20. The van der Waals surface area contributed by atoms with Crippen LogP contribution >= 0.6 is 0 Å². The number of esters is 2. The standard InChI is InChI=1S/C48H95NO5/c1-5-9-13-17-19-27-37-45(35-25-15-11-7-3)47(51)53-43-33-23-21-29-39-49(41-31-32-42-50)40-30-22-24-34-44-54-48(52)46(36-26-16-12-8-4)38-28-20-18-14-10-6-2/h45-46,50H,5-44H2,1-4H3/t45-,46?/m0/s1. The van der Waals surface area contributed by atoms with Crippen molar-refractivity contribution in [2.45, 2.75) is 246 Å². The topological polar surface area (TPSA) is 76.1 Å². The van der Waals surface area contributed by atoms with Gasteiger partial charge in [0.25, 0.3) is 0 Å². The first kappa shape index (κ1) is 52.9. The van der Waals surface area contributed by atoms with E-state index in [0.717, 1.165) is 122 Å². The molecule has 322 valence electrons. The van der Waals surface area contributed by atoms with Crippen molar-refractivity contribution in [3.63, 3.8) is 0 Å². The zero-order valence-electron chi connectivity index (χ0n) is 37.0. The Morgan fingerprint density at radius 3 is 1.02 bits per heavy atom. The summed E-state index contributed by atoms with van der Waals surface area (Å²) in [7, 11) is 0. The number of unbranched alkanes of at least 4 members (excludes halogenated alkanes) is 23. The van der Waals surface area contributed by atoms with Crippen molar-refractivity contribution in [2.24, 2.45) is 11.8 Å². The maximum atomic E-state index is 13.0. The monoisotopic (exact) mass is 766 g/mol. The van der Waals surface area contributed by atoms with E-state index in [2.05, 4.69) is 32.6 Å². The second-order valence-corrected chi connectivity index (χ2v) is 16.6. The average molecular weight is 766 g/mol. The third kappa shape index (κ3) is 35.3. The lowest BCUT2D eigenvalue weighted by atomic mass is 9.94. The summed E-state index contributed by atoms with van der Waals surface area (Å²) in [5.41, 5.74) is 0. The Kier molecular flexibility index (Phi) is 42.1. The highest BCUT2D eigenvalue weighted by molar-refractivity contribution is 5.72. The number of aliphatic hydroxyl groups is 1. The van der Waals surface area contributed by atoms with E-state index in [-0.39, 0.29) is 30.4 Å². The summed E-state index contributed by atoms with van der Waals surface area (Å²) in [6, 6.07) is 0. The van der Waals surface area contributed by atoms with E-state index in [1.54, 1.807) is 0 Å². The molecular formula is C48H95NO5. The predicted octanol–water partition coefficient (Wildman–Crippen LogP) is 13.9. The lowest BCUT2D eigenvalue weighted by molar-refractivity contribution is -0.150. The Morgan fingerprint density at radius 1 is 0.389 bits per heavy atom. The van der Waals surface area contributed by atoms with Gasteiger partial charge in [0, 0.05) is 6.61 Å². The number of rotatable bonds is 44. The Bertz CT molecular complexity index is 718. The van der Waals surface area contributed by atoms with Gasteiger partial charge in [-0.1, -0.05) is 182 Å². The summed E-state index contributed by atoms with van der Waals surface area (Å²) >= 11 is 0. The lowest BCUT2D eigenvalue weighted by Crippen LogP contribution is -2.27. The lowest BCUT2D eigenvalue weighted by Gasteiger charge is -2.22. The van der Waals surface area contributed by atoms with Crippen LogP contribution < -0.4 is 0 Å². The number of carbonyl (C=O) groups is 2. The quantitative estimate of drug-likeness (QED) is 0.0492. The molecule has 1 N–H and O–H groups in total. The summed E-state index contributed by atoms with van der Waals surface area (Å²) < 4.78 is 11.6. The van der Waals surface area contributed by atoms with E-state index in [9.17, 15) is 14.7 Å². The maximum absolute atomic E-state index is 13.0. The molecular weight excluding hydrogens is 671 g/mol. The molecule has 0 saturated carbocycles. The summed E-state index contributed by atoms with van der Waals surface area (Å²) in [4.78, 5) is 28.5. The fourth-order valence-corrected chi connectivity index (χ4v) is 7.68. The summed E-state index contributed by atoms with van der Waals surface area (Å²) in [6.07, 6.45) is 39.6. The summed E-state index contributed by atoms with van der Waals surface area (Å²) in [6.45, 7) is 13.6. The average Bonchev–Trinajstić information content (AvgIpc) is 3.17. The minimum atomic E-state index is 0.0544. The van der Waals surface area contributed by atoms with Gasteiger partial charge in [0.15, 0.2) is 0 Å². The molecule has 0 bridgehead atoms. The third-order valence-corrected chi connectivity index (χ3v) is 11.4. The number of nitrogens with zero attached hydrogens (tertiary/aromatic N) is 1. The zero-order chi connectivity index (χ0) is 39.6. The van der Waals surface area contributed by atoms with Crippen LogP contribution in [0, 0.1) is 11.8 Å². The number of hydrogen-bond acceptors (Lipinski definition) is 6. The van der Waals surface area contributed by atoms with Gasteiger partial charge in [0.05, 0.1) is 25.0 Å². The molecule has 0 aliphatic heterocycles. The first-order valence-electron chi connectivity index (χ1n) is 24.2. The molecule has 6 heteroatoms. The molecule has 0 aliphatic rings. The van der Waals surface area contributed by atoms with Crippen LogP contribution in [0.1, 0.15) is 246 Å². The van der Waals surface area contributed by atoms with Crippen molar-refractivity contribution in [1.29, 1.82) is 0 Å². The van der Waals surface area contributed by atoms with Crippen LogP contribution in [0.15, 0.2) is 0 Å². The molecule has 0 radical (unpaired) electrons. The molecule has 0 spiro atoms. The molecule has 1 unspecified atom stereocenters. The summed E-state index contributed by atoms with van der Waals surface area (Å²) in [5, 5.41) is 9.32. The predicted molar refractivity (Wildman–Crippen MR) is 232 cm³/mol. The molecule has 0 amide bonds. The van der Waals surface area contributed by atoms with E-state index in [4.69, 9.17) is 9.47 Å². The third-order valence-electron chi connectivity index (χ3n) is 11.4. The van der Waals surface area contributed by atoms with E-state index < -0.39 is 0 Å². The number of ether oxygens (including phenoxy) is 2. The molecule has 6 nitrogen and oxygen atoms in total. The van der Waals surface area contributed by atoms with Gasteiger partial charge < -0.3 is 19.5 Å². The van der Waals surface area contributed by atoms with Gasteiger partial charge in [0.1, 0.15) is 0 Å². The van der Waals surface area contributed by atoms with Crippen molar-refractivity contribution >= 4 is 11.9 Å².